The Hall–Kier alpha value is -1.69. The fourth-order valence-corrected chi connectivity index (χ4v) is 3.35. The zero-order valence-corrected chi connectivity index (χ0v) is 15.3. The van der Waals surface area contributed by atoms with Gasteiger partial charge in [-0.05, 0) is 29.3 Å². The first-order valence-electron chi connectivity index (χ1n) is 7.97. The summed E-state index contributed by atoms with van der Waals surface area (Å²) in [7, 11) is 0. The zero-order chi connectivity index (χ0) is 18.1. The molecule has 0 saturated heterocycles. The first-order chi connectivity index (χ1) is 12.0. The number of benzene rings is 2. The maximum Gasteiger partial charge on any atom is 0.304 e. The SMILES string of the molecule is O=C(O)CCSCC(O)Cc1cc(Cl)ccc1OCc1ccccc1. The largest absolute Gasteiger partial charge is 0.489 e. The number of thioether (sulfide) groups is 1. The van der Waals surface area contributed by atoms with Gasteiger partial charge in [-0.2, -0.15) is 11.8 Å². The van der Waals surface area contributed by atoms with Crippen molar-refractivity contribution in [3.05, 3.63) is 64.7 Å². The van der Waals surface area contributed by atoms with Crippen LogP contribution in [0.3, 0.4) is 0 Å². The van der Waals surface area contributed by atoms with E-state index in [1.807, 2.05) is 36.4 Å². The molecule has 4 nitrogen and oxygen atoms in total. The van der Waals surface area contributed by atoms with Crippen LogP contribution < -0.4 is 4.74 Å². The molecule has 1 unspecified atom stereocenters. The van der Waals surface area contributed by atoms with E-state index in [-0.39, 0.29) is 6.42 Å². The monoisotopic (exact) mass is 380 g/mol. The molecule has 2 aromatic carbocycles. The van der Waals surface area contributed by atoms with Crippen LogP contribution in [0.25, 0.3) is 0 Å². The highest BCUT2D eigenvalue weighted by atomic mass is 35.5. The van der Waals surface area contributed by atoms with E-state index in [1.54, 1.807) is 12.1 Å². The highest BCUT2D eigenvalue weighted by Crippen LogP contribution is 2.26. The molecule has 134 valence electrons. The molecule has 0 aliphatic carbocycles. The summed E-state index contributed by atoms with van der Waals surface area (Å²) < 4.78 is 5.88. The number of halogens is 1. The minimum Gasteiger partial charge on any atom is -0.489 e. The summed E-state index contributed by atoms with van der Waals surface area (Å²) in [6.45, 7) is 0.443. The summed E-state index contributed by atoms with van der Waals surface area (Å²) in [5.41, 5.74) is 1.91. The van der Waals surface area contributed by atoms with Crippen LogP contribution in [-0.2, 0) is 17.8 Å². The molecule has 0 spiro atoms. The molecule has 6 heteroatoms. The first-order valence-corrected chi connectivity index (χ1v) is 9.50. The highest BCUT2D eigenvalue weighted by molar-refractivity contribution is 7.99. The molecule has 0 amide bonds. The predicted octanol–water partition coefficient (Wildman–Crippen LogP) is 4.03. The number of carboxylic acids is 1. The number of hydrogen-bond acceptors (Lipinski definition) is 4. The Bertz CT molecular complexity index is 678. The summed E-state index contributed by atoms with van der Waals surface area (Å²) in [5, 5.41) is 19.4. The van der Waals surface area contributed by atoms with Crippen molar-refractivity contribution in [1.82, 2.24) is 0 Å². The lowest BCUT2D eigenvalue weighted by molar-refractivity contribution is -0.136. The van der Waals surface area contributed by atoms with Gasteiger partial charge < -0.3 is 14.9 Å². The maximum absolute atomic E-state index is 10.5. The third-order valence-corrected chi connectivity index (χ3v) is 4.83. The van der Waals surface area contributed by atoms with E-state index in [2.05, 4.69) is 0 Å². The average molecular weight is 381 g/mol. The van der Waals surface area contributed by atoms with Crippen LogP contribution in [0.15, 0.2) is 48.5 Å². The van der Waals surface area contributed by atoms with Gasteiger partial charge in [0.25, 0.3) is 0 Å². The maximum atomic E-state index is 10.5. The van der Waals surface area contributed by atoms with Gasteiger partial charge in [0.1, 0.15) is 12.4 Å². The van der Waals surface area contributed by atoms with E-state index < -0.39 is 12.1 Å². The van der Waals surface area contributed by atoms with Crippen molar-refractivity contribution in [3.8, 4) is 5.75 Å². The molecule has 0 radical (unpaired) electrons. The molecule has 1 atom stereocenters. The van der Waals surface area contributed by atoms with Crippen molar-refractivity contribution in [1.29, 1.82) is 0 Å². The fourth-order valence-electron chi connectivity index (χ4n) is 2.28. The van der Waals surface area contributed by atoms with Gasteiger partial charge in [-0.15, -0.1) is 0 Å². The molecule has 2 rings (SSSR count). The summed E-state index contributed by atoms with van der Waals surface area (Å²) in [5.74, 6) is 0.827. The minimum absolute atomic E-state index is 0.0972. The van der Waals surface area contributed by atoms with Crippen LogP contribution in [0, 0.1) is 0 Å². The van der Waals surface area contributed by atoms with Crippen molar-refractivity contribution in [2.24, 2.45) is 0 Å². The van der Waals surface area contributed by atoms with E-state index in [1.165, 1.54) is 11.8 Å². The van der Waals surface area contributed by atoms with Crippen LogP contribution in [0.5, 0.6) is 5.75 Å². The molecule has 0 aromatic heterocycles. The van der Waals surface area contributed by atoms with Crippen molar-refractivity contribution in [2.75, 3.05) is 11.5 Å². The second-order valence-corrected chi connectivity index (χ2v) is 7.19. The van der Waals surface area contributed by atoms with Crippen molar-refractivity contribution in [3.63, 3.8) is 0 Å². The van der Waals surface area contributed by atoms with Crippen LogP contribution in [0.2, 0.25) is 5.02 Å². The number of carboxylic acid groups (broad SMARTS) is 1. The van der Waals surface area contributed by atoms with E-state index in [9.17, 15) is 9.90 Å². The van der Waals surface area contributed by atoms with Crippen LogP contribution in [0.4, 0.5) is 0 Å². The minimum atomic E-state index is -0.826. The number of hydrogen-bond donors (Lipinski definition) is 2. The molecule has 0 saturated carbocycles. The number of aliphatic hydroxyl groups is 1. The molecule has 0 aliphatic rings. The summed E-state index contributed by atoms with van der Waals surface area (Å²) in [4.78, 5) is 10.5. The molecular formula is C19H21ClO4S. The van der Waals surface area contributed by atoms with Crippen molar-refractivity contribution < 1.29 is 19.7 Å². The number of aliphatic carboxylic acids is 1. The summed E-state index contributed by atoms with van der Waals surface area (Å²) in [6, 6.07) is 15.2. The Kier molecular flexibility index (Phi) is 8.12. The Morgan fingerprint density at radius 3 is 2.68 bits per heavy atom. The van der Waals surface area contributed by atoms with Crippen molar-refractivity contribution >= 4 is 29.3 Å². The van der Waals surface area contributed by atoms with Gasteiger partial charge in [-0.3, -0.25) is 4.79 Å². The van der Waals surface area contributed by atoms with Gasteiger partial charge >= 0.3 is 5.97 Å². The third-order valence-electron chi connectivity index (χ3n) is 3.49. The second-order valence-electron chi connectivity index (χ2n) is 5.60. The number of rotatable bonds is 10. The molecule has 25 heavy (non-hydrogen) atoms. The van der Waals surface area contributed by atoms with Crippen LogP contribution in [0.1, 0.15) is 17.5 Å². The molecule has 0 heterocycles. The summed E-state index contributed by atoms with van der Waals surface area (Å²) >= 11 is 7.50. The Morgan fingerprint density at radius 1 is 1.20 bits per heavy atom. The lowest BCUT2D eigenvalue weighted by Crippen LogP contribution is -2.15. The molecule has 0 aliphatic heterocycles. The first kappa shape index (κ1) is 19.6. The third kappa shape index (κ3) is 7.38. The van der Waals surface area contributed by atoms with Crippen LogP contribution >= 0.6 is 23.4 Å². The van der Waals surface area contributed by atoms with Gasteiger partial charge in [0, 0.05) is 22.9 Å². The van der Waals surface area contributed by atoms with Gasteiger partial charge in [-0.1, -0.05) is 41.9 Å². The highest BCUT2D eigenvalue weighted by Gasteiger charge is 2.12. The van der Waals surface area contributed by atoms with Gasteiger partial charge in [0.2, 0.25) is 0 Å². The Morgan fingerprint density at radius 2 is 1.96 bits per heavy atom. The fraction of sp³-hybridized carbons (Fsp3) is 0.316. The standard InChI is InChI=1S/C19H21ClO4S/c20-16-6-7-18(24-12-14-4-2-1-3-5-14)15(10-16)11-17(21)13-25-9-8-19(22)23/h1-7,10,17,21H,8-9,11-13H2,(H,22,23). The predicted molar refractivity (Wildman–Crippen MR) is 102 cm³/mol. The lowest BCUT2D eigenvalue weighted by atomic mass is 10.1. The summed E-state index contributed by atoms with van der Waals surface area (Å²) in [6.07, 6.45) is -0.0820. The average Bonchev–Trinajstić information content (AvgIpc) is 2.59. The smallest absolute Gasteiger partial charge is 0.304 e. The van der Waals surface area contributed by atoms with E-state index >= 15 is 0 Å². The second kappa shape index (κ2) is 10.3. The lowest BCUT2D eigenvalue weighted by Gasteiger charge is -2.15. The van der Waals surface area contributed by atoms with E-state index in [0.717, 1.165) is 11.1 Å². The van der Waals surface area contributed by atoms with Gasteiger partial charge in [0.05, 0.1) is 12.5 Å². The molecule has 0 fully saturated rings. The van der Waals surface area contributed by atoms with Gasteiger partial charge in [-0.25, -0.2) is 0 Å². The number of ether oxygens (including phenoxy) is 1. The molecular weight excluding hydrogens is 360 g/mol. The normalized spacial score (nSPS) is 11.9. The number of carbonyl (C=O) groups is 1. The molecule has 2 N–H and O–H groups in total. The molecule has 2 aromatic rings. The quantitative estimate of drug-likeness (QED) is 0.609. The van der Waals surface area contributed by atoms with Crippen LogP contribution in [-0.4, -0.2) is 33.8 Å². The van der Waals surface area contributed by atoms with E-state index in [4.69, 9.17) is 21.4 Å². The topological polar surface area (TPSA) is 66.8 Å². The molecule has 0 bridgehead atoms. The van der Waals surface area contributed by atoms with Gasteiger partial charge in [0.15, 0.2) is 0 Å². The zero-order valence-electron chi connectivity index (χ0n) is 13.7. The van der Waals surface area contributed by atoms with E-state index in [0.29, 0.717) is 35.3 Å². The Balaban J connectivity index is 1.92. The Labute approximate surface area is 156 Å². The number of aliphatic hydroxyl groups excluding tert-OH is 1. The van der Waals surface area contributed by atoms with Crippen molar-refractivity contribution in [2.45, 2.75) is 25.6 Å².